The third kappa shape index (κ3) is 8.82. The van der Waals surface area contributed by atoms with Gasteiger partial charge in [-0.25, -0.2) is 4.79 Å². The van der Waals surface area contributed by atoms with E-state index in [0.29, 0.717) is 25.2 Å². The van der Waals surface area contributed by atoms with Gasteiger partial charge >= 0.3 is 6.09 Å². The lowest BCUT2D eigenvalue weighted by molar-refractivity contribution is -0.138. The number of nitrogens with one attached hydrogen (secondary N) is 3. The molecule has 1 aliphatic rings. The molecule has 0 bridgehead atoms. The summed E-state index contributed by atoms with van der Waals surface area (Å²) >= 11 is 0. The fraction of sp³-hybridized carbons (Fsp3) is 0.615. The van der Waals surface area contributed by atoms with Gasteiger partial charge in [0, 0.05) is 44.2 Å². The van der Waals surface area contributed by atoms with E-state index in [1.54, 1.807) is 46.8 Å². The number of likely N-dealkylation sites (N-methyl/N-ethyl adjacent to an activating group) is 1. The van der Waals surface area contributed by atoms with Crippen LogP contribution in [-0.2, 0) is 19.1 Å². The van der Waals surface area contributed by atoms with Crippen molar-refractivity contribution in [3.8, 4) is 0 Å². The quantitative estimate of drug-likeness (QED) is 0.501. The lowest BCUT2D eigenvalue weighted by atomic mass is 9.91. The Labute approximate surface area is 214 Å². The van der Waals surface area contributed by atoms with Crippen LogP contribution < -0.4 is 16.0 Å². The van der Waals surface area contributed by atoms with Gasteiger partial charge in [0.05, 0.1) is 0 Å². The molecule has 0 aromatic heterocycles. The highest BCUT2D eigenvalue weighted by atomic mass is 16.6. The van der Waals surface area contributed by atoms with E-state index in [1.165, 1.54) is 0 Å². The standard InChI is InChI=1S/C26H41N5O5/c1-8-21(32)29-22(24(34)31-15-13-30(7)14-16-31)17(2)19-9-11-20(12-10-19)28-23(33)18(3)27-25(35)36-26(4,5)6/h9-12,17-18,22H,8,13-16H2,1-7H3,(H,27,35)(H,28,33)(H,29,32)/t17-,18-,22+/m0/s1. The van der Waals surface area contributed by atoms with E-state index in [1.807, 2.05) is 31.0 Å². The molecule has 3 atom stereocenters. The molecule has 0 unspecified atom stereocenters. The monoisotopic (exact) mass is 503 g/mol. The van der Waals surface area contributed by atoms with Crippen molar-refractivity contribution in [2.24, 2.45) is 0 Å². The smallest absolute Gasteiger partial charge is 0.408 e. The van der Waals surface area contributed by atoms with Gasteiger partial charge in [0.15, 0.2) is 0 Å². The van der Waals surface area contributed by atoms with Crippen LogP contribution in [-0.4, -0.2) is 84.5 Å². The molecule has 0 saturated carbocycles. The van der Waals surface area contributed by atoms with Crippen molar-refractivity contribution < 1.29 is 23.9 Å². The largest absolute Gasteiger partial charge is 0.444 e. The van der Waals surface area contributed by atoms with Gasteiger partial charge in [-0.3, -0.25) is 14.4 Å². The summed E-state index contributed by atoms with van der Waals surface area (Å²) in [5, 5.41) is 8.18. The lowest BCUT2D eigenvalue weighted by Crippen LogP contribution is -2.55. The predicted octanol–water partition coefficient (Wildman–Crippen LogP) is 2.31. The predicted molar refractivity (Wildman–Crippen MR) is 139 cm³/mol. The van der Waals surface area contributed by atoms with Gasteiger partial charge in [0.25, 0.3) is 0 Å². The number of benzene rings is 1. The Morgan fingerprint density at radius 1 is 0.972 bits per heavy atom. The van der Waals surface area contributed by atoms with Crippen LogP contribution in [0.2, 0.25) is 0 Å². The van der Waals surface area contributed by atoms with E-state index < -0.39 is 23.8 Å². The molecule has 0 spiro atoms. The second-order valence-electron chi connectivity index (χ2n) is 10.3. The van der Waals surface area contributed by atoms with Crippen molar-refractivity contribution >= 4 is 29.5 Å². The summed E-state index contributed by atoms with van der Waals surface area (Å²) in [4.78, 5) is 53.9. The second-order valence-corrected chi connectivity index (χ2v) is 10.3. The number of anilines is 1. The Kier molecular flexibility index (Phi) is 10.3. The maximum Gasteiger partial charge on any atom is 0.408 e. The van der Waals surface area contributed by atoms with Gasteiger partial charge in [-0.1, -0.05) is 26.0 Å². The minimum Gasteiger partial charge on any atom is -0.444 e. The fourth-order valence-corrected chi connectivity index (χ4v) is 3.76. The van der Waals surface area contributed by atoms with Crippen molar-refractivity contribution in [1.82, 2.24) is 20.4 Å². The molecule has 1 heterocycles. The number of carbonyl (C=O) groups excluding carboxylic acids is 4. The van der Waals surface area contributed by atoms with Gasteiger partial charge in [0.1, 0.15) is 17.7 Å². The van der Waals surface area contributed by atoms with Crippen molar-refractivity contribution in [2.45, 2.75) is 71.6 Å². The molecule has 1 aromatic carbocycles. The number of hydrogen-bond acceptors (Lipinski definition) is 6. The lowest BCUT2D eigenvalue weighted by Gasteiger charge is -2.36. The van der Waals surface area contributed by atoms with Gasteiger partial charge < -0.3 is 30.5 Å². The molecule has 4 amide bonds. The van der Waals surface area contributed by atoms with Crippen molar-refractivity contribution in [3.63, 3.8) is 0 Å². The van der Waals surface area contributed by atoms with E-state index in [0.717, 1.165) is 18.7 Å². The number of rotatable bonds is 8. The minimum atomic E-state index is -0.798. The average Bonchev–Trinajstić information content (AvgIpc) is 2.81. The van der Waals surface area contributed by atoms with E-state index in [-0.39, 0.29) is 23.6 Å². The normalized spacial score (nSPS) is 16.9. The van der Waals surface area contributed by atoms with Crippen LogP contribution in [0.4, 0.5) is 10.5 Å². The summed E-state index contributed by atoms with van der Waals surface area (Å²) in [6.07, 6.45) is -0.376. The Hall–Kier alpha value is -3.14. The van der Waals surface area contributed by atoms with Crippen LogP contribution >= 0.6 is 0 Å². The number of alkyl carbamates (subject to hydrolysis) is 1. The molecular formula is C26H41N5O5. The Morgan fingerprint density at radius 2 is 1.56 bits per heavy atom. The molecule has 2 rings (SSSR count). The van der Waals surface area contributed by atoms with Crippen molar-refractivity contribution in [3.05, 3.63) is 29.8 Å². The number of hydrogen-bond donors (Lipinski definition) is 3. The Balaban J connectivity index is 2.06. The first-order valence-electron chi connectivity index (χ1n) is 12.5. The molecule has 1 fully saturated rings. The summed E-state index contributed by atoms with van der Waals surface area (Å²) in [6, 6.07) is 5.66. The van der Waals surface area contributed by atoms with Crippen LogP contribution in [0.25, 0.3) is 0 Å². The zero-order valence-corrected chi connectivity index (χ0v) is 22.5. The molecule has 10 nitrogen and oxygen atoms in total. The minimum absolute atomic E-state index is 0.0863. The molecule has 3 N–H and O–H groups in total. The fourth-order valence-electron chi connectivity index (χ4n) is 3.76. The van der Waals surface area contributed by atoms with Gasteiger partial charge in [-0.2, -0.15) is 0 Å². The van der Waals surface area contributed by atoms with Crippen LogP contribution in [0, 0.1) is 0 Å². The first-order chi connectivity index (χ1) is 16.8. The number of amides is 4. The van der Waals surface area contributed by atoms with E-state index in [9.17, 15) is 19.2 Å². The first-order valence-corrected chi connectivity index (χ1v) is 12.5. The number of ether oxygens (including phenoxy) is 1. The van der Waals surface area contributed by atoms with E-state index in [2.05, 4.69) is 20.9 Å². The maximum absolute atomic E-state index is 13.3. The highest BCUT2D eigenvalue weighted by Crippen LogP contribution is 2.23. The van der Waals surface area contributed by atoms with Crippen LogP contribution in [0.3, 0.4) is 0 Å². The highest BCUT2D eigenvalue weighted by molar-refractivity contribution is 5.96. The summed E-state index contributed by atoms with van der Waals surface area (Å²) in [5.74, 6) is -0.924. The van der Waals surface area contributed by atoms with Gasteiger partial charge in [0.2, 0.25) is 17.7 Å². The Bertz CT molecular complexity index is 920. The Morgan fingerprint density at radius 3 is 2.08 bits per heavy atom. The zero-order valence-electron chi connectivity index (χ0n) is 22.5. The number of piperazine rings is 1. The molecule has 10 heteroatoms. The first kappa shape index (κ1) is 29.1. The van der Waals surface area contributed by atoms with Crippen molar-refractivity contribution in [1.29, 1.82) is 0 Å². The number of carbonyl (C=O) groups is 4. The molecular weight excluding hydrogens is 462 g/mol. The van der Waals surface area contributed by atoms with Crippen LogP contribution in [0.15, 0.2) is 24.3 Å². The molecule has 0 aliphatic carbocycles. The molecule has 200 valence electrons. The van der Waals surface area contributed by atoms with Crippen LogP contribution in [0.5, 0.6) is 0 Å². The third-order valence-corrected chi connectivity index (χ3v) is 6.05. The summed E-state index contributed by atoms with van der Waals surface area (Å²) in [7, 11) is 2.02. The van der Waals surface area contributed by atoms with E-state index >= 15 is 0 Å². The summed E-state index contributed by atoms with van der Waals surface area (Å²) < 4.78 is 5.18. The second kappa shape index (κ2) is 12.7. The summed E-state index contributed by atoms with van der Waals surface area (Å²) in [5.41, 5.74) is 0.748. The zero-order chi connectivity index (χ0) is 27.0. The molecule has 0 radical (unpaired) electrons. The van der Waals surface area contributed by atoms with Gasteiger partial charge in [-0.05, 0) is 52.4 Å². The molecule has 1 saturated heterocycles. The average molecular weight is 504 g/mol. The number of nitrogens with zero attached hydrogens (tertiary/aromatic N) is 2. The highest BCUT2D eigenvalue weighted by Gasteiger charge is 2.32. The van der Waals surface area contributed by atoms with Crippen LogP contribution in [0.1, 0.15) is 59.4 Å². The summed E-state index contributed by atoms with van der Waals surface area (Å²) in [6.45, 7) is 13.3. The van der Waals surface area contributed by atoms with E-state index in [4.69, 9.17) is 4.74 Å². The van der Waals surface area contributed by atoms with Gasteiger partial charge in [-0.15, -0.1) is 0 Å². The SMILES string of the molecule is CCC(=O)N[C@@H](C(=O)N1CCN(C)CC1)[C@@H](C)c1ccc(NC(=O)[C@H](C)NC(=O)OC(C)(C)C)cc1. The maximum atomic E-state index is 13.3. The van der Waals surface area contributed by atoms with Crippen molar-refractivity contribution in [2.75, 3.05) is 38.5 Å². The molecule has 1 aromatic rings. The molecule has 36 heavy (non-hydrogen) atoms. The molecule has 1 aliphatic heterocycles. The third-order valence-electron chi connectivity index (χ3n) is 6.05. The topological polar surface area (TPSA) is 120 Å².